The Morgan fingerprint density at radius 1 is 1.38 bits per heavy atom. The van der Waals surface area contributed by atoms with Gasteiger partial charge < -0.3 is 9.64 Å². The van der Waals surface area contributed by atoms with Gasteiger partial charge in [0.2, 0.25) is 0 Å². The summed E-state index contributed by atoms with van der Waals surface area (Å²) in [6.45, 7) is 9.76. The van der Waals surface area contributed by atoms with Crippen molar-refractivity contribution >= 4 is 0 Å². The van der Waals surface area contributed by atoms with Gasteiger partial charge in [-0.05, 0) is 53.1 Å². The van der Waals surface area contributed by atoms with E-state index in [1.807, 2.05) is 0 Å². The van der Waals surface area contributed by atoms with Gasteiger partial charge >= 0.3 is 0 Å². The maximum atomic E-state index is 5.79. The molecule has 0 aromatic carbocycles. The lowest BCUT2D eigenvalue weighted by Crippen LogP contribution is -2.36. The first kappa shape index (κ1) is 11.0. The van der Waals surface area contributed by atoms with Gasteiger partial charge in [-0.25, -0.2) is 0 Å². The van der Waals surface area contributed by atoms with Crippen LogP contribution in [0.4, 0.5) is 0 Å². The fourth-order valence-corrected chi connectivity index (χ4v) is 1.78. The zero-order valence-corrected chi connectivity index (χ0v) is 9.47. The lowest BCUT2D eigenvalue weighted by atomic mass is 9.99. The number of hydrogen-bond donors (Lipinski definition) is 0. The summed E-state index contributed by atoms with van der Waals surface area (Å²) in [7, 11) is 2.20. The van der Waals surface area contributed by atoms with Crippen molar-refractivity contribution in [3.63, 3.8) is 0 Å². The second kappa shape index (κ2) is 4.43. The van der Waals surface area contributed by atoms with E-state index < -0.39 is 0 Å². The van der Waals surface area contributed by atoms with Crippen LogP contribution in [0.5, 0.6) is 0 Å². The van der Waals surface area contributed by atoms with Crippen molar-refractivity contribution < 1.29 is 4.74 Å². The largest absolute Gasteiger partial charge is 0.376 e. The predicted octanol–water partition coefficient (Wildman–Crippen LogP) is 2.14. The van der Waals surface area contributed by atoms with Crippen molar-refractivity contribution in [2.45, 2.75) is 39.2 Å². The lowest BCUT2D eigenvalue weighted by molar-refractivity contribution is -0.0328. The summed E-state index contributed by atoms with van der Waals surface area (Å²) < 4.78 is 5.79. The van der Waals surface area contributed by atoms with Crippen molar-refractivity contribution in [1.82, 2.24) is 4.90 Å². The van der Waals surface area contributed by atoms with Crippen LogP contribution in [0.1, 0.15) is 33.6 Å². The standard InChI is InChI=1S/C11H23NO/c1-11(2,3)13-9-10-6-5-7-12(4)8-10/h10H,5-9H2,1-4H3. The van der Waals surface area contributed by atoms with E-state index in [0.717, 1.165) is 12.5 Å². The van der Waals surface area contributed by atoms with Crippen molar-refractivity contribution in [2.75, 3.05) is 26.7 Å². The Balaban J connectivity index is 2.21. The van der Waals surface area contributed by atoms with Crippen molar-refractivity contribution in [2.24, 2.45) is 5.92 Å². The average Bonchev–Trinajstić information content (AvgIpc) is 2.00. The molecule has 0 bridgehead atoms. The van der Waals surface area contributed by atoms with Crippen LogP contribution in [0.25, 0.3) is 0 Å². The topological polar surface area (TPSA) is 12.5 Å². The Bertz CT molecular complexity index is 151. The molecule has 13 heavy (non-hydrogen) atoms. The second-order valence-electron chi connectivity index (χ2n) is 5.19. The predicted molar refractivity (Wildman–Crippen MR) is 55.9 cm³/mol. The molecule has 1 rings (SSSR count). The molecule has 0 amide bonds. The third kappa shape index (κ3) is 4.63. The van der Waals surface area contributed by atoms with Crippen LogP contribution in [-0.2, 0) is 4.74 Å². The van der Waals surface area contributed by atoms with Crippen LogP contribution >= 0.6 is 0 Å². The molecule has 0 N–H and O–H groups in total. The number of nitrogens with zero attached hydrogens (tertiary/aromatic N) is 1. The highest BCUT2D eigenvalue weighted by atomic mass is 16.5. The van der Waals surface area contributed by atoms with Crippen molar-refractivity contribution in [3.8, 4) is 0 Å². The van der Waals surface area contributed by atoms with Gasteiger partial charge in [-0.15, -0.1) is 0 Å². The minimum Gasteiger partial charge on any atom is -0.376 e. The molecule has 0 radical (unpaired) electrons. The molecule has 1 heterocycles. The maximum absolute atomic E-state index is 5.79. The van der Waals surface area contributed by atoms with Gasteiger partial charge in [0.05, 0.1) is 12.2 Å². The van der Waals surface area contributed by atoms with E-state index in [1.165, 1.54) is 25.9 Å². The first-order valence-corrected chi connectivity index (χ1v) is 5.30. The van der Waals surface area contributed by atoms with E-state index in [9.17, 15) is 0 Å². The molecule has 1 unspecified atom stereocenters. The van der Waals surface area contributed by atoms with E-state index in [2.05, 4.69) is 32.7 Å². The molecule has 0 saturated carbocycles. The Morgan fingerprint density at radius 2 is 2.08 bits per heavy atom. The Kier molecular flexibility index (Phi) is 3.74. The van der Waals surface area contributed by atoms with E-state index in [4.69, 9.17) is 4.74 Å². The zero-order chi connectivity index (χ0) is 9.90. The van der Waals surface area contributed by atoms with Gasteiger partial charge in [0, 0.05) is 6.54 Å². The summed E-state index contributed by atoms with van der Waals surface area (Å²) in [5, 5.41) is 0. The molecule has 78 valence electrons. The van der Waals surface area contributed by atoms with Gasteiger partial charge in [0.25, 0.3) is 0 Å². The van der Waals surface area contributed by atoms with Gasteiger partial charge in [-0.3, -0.25) is 0 Å². The van der Waals surface area contributed by atoms with Crippen LogP contribution in [0, 0.1) is 5.92 Å². The van der Waals surface area contributed by atoms with Gasteiger partial charge in [0.15, 0.2) is 0 Å². The monoisotopic (exact) mass is 185 g/mol. The zero-order valence-electron chi connectivity index (χ0n) is 9.47. The smallest absolute Gasteiger partial charge is 0.0598 e. The highest BCUT2D eigenvalue weighted by Crippen LogP contribution is 2.18. The maximum Gasteiger partial charge on any atom is 0.0598 e. The van der Waals surface area contributed by atoms with Crippen molar-refractivity contribution in [1.29, 1.82) is 0 Å². The fraction of sp³-hybridized carbons (Fsp3) is 1.00. The molecule has 2 heteroatoms. The molecular weight excluding hydrogens is 162 g/mol. The van der Waals surface area contributed by atoms with Gasteiger partial charge in [-0.1, -0.05) is 0 Å². The molecule has 1 aliphatic rings. The van der Waals surface area contributed by atoms with Crippen LogP contribution in [0.15, 0.2) is 0 Å². The molecule has 1 atom stereocenters. The van der Waals surface area contributed by atoms with E-state index in [1.54, 1.807) is 0 Å². The Hall–Kier alpha value is -0.0800. The quantitative estimate of drug-likeness (QED) is 0.653. The van der Waals surface area contributed by atoms with Crippen molar-refractivity contribution in [3.05, 3.63) is 0 Å². The number of ether oxygens (including phenoxy) is 1. The third-order valence-corrected chi connectivity index (χ3v) is 2.47. The molecule has 0 aromatic rings. The van der Waals surface area contributed by atoms with Gasteiger partial charge in [-0.2, -0.15) is 0 Å². The fourth-order valence-electron chi connectivity index (χ4n) is 1.78. The number of rotatable bonds is 2. The van der Waals surface area contributed by atoms with Gasteiger partial charge in [0.1, 0.15) is 0 Å². The molecule has 2 nitrogen and oxygen atoms in total. The molecule has 0 spiro atoms. The summed E-state index contributed by atoms with van der Waals surface area (Å²) in [6.07, 6.45) is 2.66. The summed E-state index contributed by atoms with van der Waals surface area (Å²) in [5.41, 5.74) is 0.0238. The van der Waals surface area contributed by atoms with Crippen LogP contribution in [0.3, 0.4) is 0 Å². The van der Waals surface area contributed by atoms with E-state index >= 15 is 0 Å². The summed E-state index contributed by atoms with van der Waals surface area (Å²) in [4.78, 5) is 2.40. The third-order valence-electron chi connectivity index (χ3n) is 2.47. The van der Waals surface area contributed by atoms with Crippen LogP contribution in [-0.4, -0.2) is 37.2 Å². The second-order valence-corrected chi connectivity index (χ2v) is 5.19. The molecular formula is C11H23NO. The molecule has 0 aromatic heterocycles. The molecule has 1 fully saturated rings. The molecule has 1 saturated heterocycles. The first-order valence-electron chi connectivity index (χ1n) is 5.30. The minimum absolute atomic E-state index is 0.0238. The van der Waals surface area contributed by atoms with E-state index in [-0.39, 0.29) is 5.60 Å². The molecule has 0 aliphatic carbocycles. The average molecular weight is 185 g/mol. The Morgan fingerprint density at radius 3 is 2.62 bits per heavy atom. The molecule has 1 aliphatic heterocycles. The number of likely N-dealkylation sites (tertiary alicyclic amines) is 1. The first-order chi connectivity index (χ1) is 5.97. The summed E-state index contributed by atoms with van der Waals surface area (Å²) in [5.74, 6) is 0.748. The van der Waals surface area contributed by atoms with E-state index in [0.29, 0.717) is 0 Å². The summed E-state index contributed by atoms with van der Waals surface area (Å²) in [6, 6.07) is 0. The highest BCUT2D eigenvalue weighted by Gasteiger charge is 2.19. The SMILES string of the molecule is CN1CCCC(COC(C)(C)C)C1. The number of hydrogen-bond acceptors (Lipinski definition) is 2. The van der Waals surface area contributed by atoms with Crippen LogP contribution in [0.2, 0.25) is 0 Å². The van der Waals surface area contributed by atoms with Crippen LogP contribution < -0.4 is 0 Å². The highest BCUT2D eigenvalue weighted by molar-refractivity contribution is 4.71. The lowest BCUT2D eigenvalue weighted by Gasteiger charge is -2.31. The summed E-state index contributed by atoms with van der Waals surface area (Å²) >= 11 is 0. The normalized spacial score (nSPS) is 26.3. The Labute approximate surface area is 82.3 Å². The number of piperidine rings is 1. The minimum atomic E-state index is 0.0238.